The summed E-state index contributed by atoms with van der Waals surface area (Å²) in [5.74, 6) is -0.749. The van der Waals surface area contributed by atoms with Gasteiger partial charge in [-0.3, -0.25) is 9.69 Å². The monoisotopic (exact) mass is 297 g/mol. The van der Waals surface area contributed by atoms with Crippen LogP contribution in [0.15, 0.2) is 28.7 Å². The molecule has 1 aromatic carbocycles. The lowest BCUT2D eigenvalue weighted by atomic mass is 10.1. The van der Waals surface area contributed by atoms with Crippen molar-refractivity contribution in [1.82, 2.24) is 4.90 Å². The molecule has 0 aliphatic heterocycles. The van der Waals surface area contributed by atoms with Gasteiger partial charge in [-0.25, -0.2) is 0 Å². The van der Waals surface area contributed by atoms with E-state index in [0.29, 0.717) is 6.04 Å². The molecule has 1 unspecified atom stereocenters. The maximum atomic E-state index is 10.9. The zero-order valence-electron chi connectivity index (χ0n) is 9.77. The van der Waals surface area contributed by atoms with Gasteiger partial charge >= 0.3 is 5.97 Å². The first-order valence-corrected chi connectivity index (χ1v) is 6.60. The summed E-state index contributed by atoms with van der Waals surface area (Å²) in [7, 11) is 0. The summed E-state index contributed by atoms with van der Waals surface area (Å²) >= 11 is 3.41. The third-order valence-electron chi connectivity index (χ3n) is 3.18. The molecule has 1 aromatic rings. The van der Waals surface area contributed by atoms with Crippen molar-refractivity contribution in [3.05, 3.63) is 34.3 Å². The number of aliphatic carboxylic acids is 1. The minimum atomic E-state index is -0.749. The van der Waals surface area contributed by atoms with E-state index in [0.717, 1.165) is 17.3 Å². The molecule has 2 rings (SSSR count). The highest BCUT2D eigenvalue weighted by atomic mass is 79.9. The minimum absolute atomic E-state index is 0.127. The van der Waals surface area contributed by atoms with E-state index in [1.807, 2.05) is 24.3 Å². The summed E-state index contributed by atoms with van der Waals surface area (Å²) in [5, 5.41) is 8.95. The Bertz CT molecular complexity index is 400. The first-order valence-electron chi connectivity index (χ1n) is 5.81. The maximum Gasteiger partial charge on any atom is 0.317 e. The van der Waals surface area contributed by atoms with Gasteiger partial charge in [0.05, 0.1) is 6.54 Å². The van der Waals surface area contributed by atoms with Crippen molar-refractivity contribution >= 4 is 21.9 Å². The Hall–Kier alpha value is -0.870. The molecule has 17 heavy (non-hydrogen) atoms. The first-order chi connectivity index (χ1) is 8.08. The predicted molar refractivity (Wildman–Crippen MR) is 69.9 cm³/mol. The molecule has 0 heterocycles. The second-order valence-electron chi connectivity index (χ2n) is 4.52. The van der Waals surface area contributed by atoms with Crippen LogP contribution in [0.4, 0.5) is 0 Å². The van der Waals surface area contributed by atoms with Crippen LogP contribution < -0.4 is 0 Å². The van der Waals surface area contributed by atoms with E-state index in [2.05, 4.69) is 27.8 Å². The van der Waals surface area contributed by atoms with Crippen molar-refractivity contribution < 1.29 is 9.90 Å². The van der Waals surface area contributed by atoms with E-state index in [1.165, 1.54) is 5.56 Å². The summed E-state index contributed by atoms with van der Waals surface area (Å²) in [6, 6.07) is 8.70. The molecule has 3 nitrogen and oxygen atoms in total. The van der Waals surface area contributed by atoms with Crippen molar-refractivity contribution in [2.75, 3.05) is 6.54 Å². The van der Waals surface area contributed by atoms with Crippen LogP contribution in [-0.4, -0.2) is 28.6 Å². The number of benzene rings is 1. The molecule has 1 aliphatic rings. The van der Waals surface area contributed by atoms with Crippen LogP contribution >= 0.6 is 15.9 Å². The largest absolute Gasteiger partial charge is 0.480 e. The topological polar surface area (TPSA) is 40.5 Å². The molecular weight excluding hydrogens is 282 g/mol. The average Bonchev–Trinajstić information content (AvgIpc) is 3.09. The standard InChI is InChI=1S/C13H16BrNO2/c1-9(10-2-4-11(14)5-3-10)15(8-13(16)17)12-6-7-12/h2-5,9,12H,6-8H2,1H3,(H,16,17). The molecule has 92 valence electrons. The molecule has 0 aromatic heterocycles. The van der Waals surface area contributed by atoms with Gasteiger partial charge < -0.3 is 5.11 Å². The highest BCUT2D eigenvalue weighted by Gasteiger charge is 2.33. The Labute approximate surface area is 110 Å². The molecule has 1 fully saturated rings. The van der Waals surface area contributed by atoms with Gasteiger partial charge in [-0.2, -0.15) is 0 Å². The zero-order chi connectivity index (χ0) is 12.4. The number of carboxylic acids is 1. The summed E-state index contributed by atoms with van der Waals surface area (Å²) in [6.45, 7) is 2.20. The van der Waals surface area contributed by atoms with Gasteiger partial charge in [-0.1, -0.05) is 28.1 Å². The Balaban J connectivity index is 2.12. The number of carbonyl (C=O) groups is 1. The van der Waals surface area contributed by atoms with Crippen LogP contribution in [-0.2, 0) is 4.79 Å². The van der Waals surface area contributed by atoms with Crippen molar-refractivity contribution in [1.29, 1.82) is 0 Å². The molecule has 4 heteroatoms. The average molecular weight is 298 g/mol. The van der Waals surface area contributed by atoms with Gasteiger partial charge in [0.25, 0.3) is 0 Å². The number of hydrogen-bond acceptors (Lipinski definition) is 2. The molecule has 0 spiro atoms. The second-order valence-corrected chi connectivity index (χ2v) is 5.44. The molecule has 1 aliphatic carbocycles. The quantitative estimate of drug-likeness (QED) is 0.908. The number of carboxylic acid groups (broad SMARTS) is 1. The van der Waals surface area contributed by atoms with E-state index in [-0.39, 0.29) is 12.6 Å². The Morgan fingerprint density at radius 2 is 2.06 bits per heavy atom. The van der Waals surface area contributed by atoms with Crippen LogP contribution in [0.25, 0.3) is 0 Å². The normalized spacial score (nSPS) is 17.1. The SMILES string of the molecule is CC(c1ccc(Br)cc1)N(CC(=O)O)C1CC1. The van der Waals surface area contributed by atoms with Gasteiger partial charge in [0.15, 0.2) is 0 Å². The van der Waals surface area contributed by atoms with E-state index >= 15 is 0 Å². The third-order valence-corrected chi connectivity index (χ3v) is 3.71. The third kappa shape index (κ3) is 3.30. The Morgan fingerprint density at radius 3 is 2.53 bits per heavy atom. The summed E-state index contributed by atoms with van der Waals surface area (Å²) in [4.78, 5) is 13.0. The van der Waals surface area contributed by atoms with Gasteiger partial charge in [0.1, 0.15) is 0 Å². The molecule has 0 bridgehead atoms. The van der Waals surface area contributed by atoms with Crippen LogP contribution in [0.2, 0.25) is 0 Å². The van der Waals surface area contributed by atoms with Crippen LogP contribution in [0.5, 0.6) is 0 Å². The van der Waals surface area contributed by atoms with Crippen LogP contribution in [0, 0.1) is 0 Å². The molecule has 0 radical (unpaired) electrons. The molecule has 1 N–H and O–H groups in total. The fourth-order valence-electron chi connectivity index (χ4n) is 2.08. The Morgan fingerprint density at radius 1 is 1.47 bits per heavy atom. The molecule has 0 amide bonds. The predicted octanol–water partition coefficient (Wildman–Crippen LogP) is 3.06. The Kier molecular flexibility index (Phi) is 3.84. The van der Waals surface area contributed by atoms with Crippen LogP contribution in [0.1, 0.15) is 31.4 Å². The maximum absolute atomic E-state index is 10.9. The van der Waals surface area contributed by atoms with E-state index in [4.69, 9.17) is 5.11 Å². The van der Waals surface area contributed by atoms with Crippen molar-refractivity contribution in [2.45, 2.75) is 31.8 Å². The lowest BCUT2D eigenvalue weighted by Crippen LogP contribution is -2.34. The van der Waals surface area contributed by atoms with Crippen molar-refractivity contribution in [3.8, 4) is 0 Å². The summed E-state index contributed by atoms with van der Waals surface area (Å²) in [5.41, 5.74) is 1.17. The molecule has 1 atom stereocenters. The van der Waals surface area contributed by atoms with Gasteiger partial charge in [-0.15, -0.1) is 0 Å². The molecule has 0 saturated heterocycles. The fraction of sp³-hybridized carbons (Fsp3) is 0.462. The lowest BCUT2D eigenvalue weighted by Gasteiger charge is -2.27. The number of hydrogen-bond donors (Lipinski definition) is 1. The van der Waals surface area contributed by atoms with E-state index in [9.17, 15) is 4.79 Å². The fourth-order valence-corrected chi connectivity index (χ4v) is 2.34. The van der Waals surface area contributed by atoms with E-state index < -0.39 is 5.97 Å². The lowest BCUT2D eigenvalue weighted by molar-refractivity contribution is -0.139. The van der Waals surface area contributed by atoms with Crippen molar-refractivity contribution in [3.63, 3.8) is 0 Å². The minimum Gasteiger partial charge on any atom is -0.480 e. The number of nitrogens with zero attached hydrogens (tertiary/aromatic N) is 1. The van der Waals surface area contributed by atoms with Crippen LogP contribution in [0.3, 0.4) is 0 Å². The number of rotatable bonds is 5. The van der Waals surface area contributed by atoms with E-state index in [1.54, 1.807) is 0 Å². The van der Waals surface area contributed by atoms with Gasteiger partial charge in [-0.05, 0) is 37.5 Å². The number of halogens is 1. The first kappa shape index (κ1) is 12.6. The summed E-state index contributed by atoms with van der Waals surface area (Å²) < 4.78 is 1.05. The highest BCUT2D eigenvalue weighted by molar-refractivity contribution is 9.10. The van der Waals surface area contributed by atoms with Gasteiger partial charge in [0.2, 0.25) is 0 Å². The van der Waals surface area contributed by atoms with Gasteiger partial charge in [0, 0.05) is 16.6 Å². The smallest absolute Gasteiger partial charge is 0.317 e. The highest BCUT2D eigenvalue weighted by Crippen LogP contribution is 2.34. The van der Waals surface area contributed by atoms with Crippen molar-refractivity contribution in [2.24, 2.45) is 0 Å². The zero-order valence-corrected chi connectivity index (χ0v) is 11.4. The molecular formula is C13H16BrNO2. The molecule has 1 saturated carbocycles. The second kappa shape index (κ2) is 5.19. The summed E-state index contributed by atoms with van der Waals surface area (Å²) in [6.07, 6.45) is 2.24.